The number of amides is 1. The number of rotatable bonds is 4. The van der Waals surface area contributed by atoms with Crippen molar-refractivity contribution in [1.82, 2.24) is 0 Å². The number of ether oxygens (including phenoxy) is 2. The highest BCUT2D eigenvalue weighted by Gasteiger charge is 2.41. The molecule has 1 amide bonds. The molecule has 0 saturated carbocycles. The largest absolute Gasteiger partial charge is 0.493 e. The summed E-state index contributed by atoms with van der Waals surface area (Å²) < 4.78 is 12.0. The highest BCUT2D eigenvalue weighted by Crippen LogP contribution is 2.47. The fraction of sp³-hybridized carbons (Fsp3) is 0.304. The van der Waals surface area contributed by atoms with Crippen LogP contribution in [0.1, 0.15) is 37.2 Å². The smallest absolute Gasteiger partial charge is 0.232 e. The number of allylic oxidation sites excluding steroid dienone is 2. The Labute approximate surface area is 178 Å². The van der Waals surface area contributed by atoms with Crippen molar-refractivity contribution >= 4 is 33.3 Å². The van der Waals surface area contributed by atoms with Crippen molar-refractivity contribution in [2.45, 2.75) is 31.6 Å². The lowest BCUT2D eigenvalue weighted by Gasteiger charge is -2.38. The molecule has 2 aliphatic rings. The Balaban J connectivity index is 1.88. The van der Waals surface area contributed by atoms with Gasteiger partial charge in [0.2, 0.25) is 5.91 Å². The van der Waals surface area contributed by atoms with E-state index in [1.165, 1.54) is 0 Å². The van der Waals surface area contributed by atoms with Gasteiger partial charge in [0.15, 0.2) is 17.3 Å². The summed E-state index contributed by atoms with van der Waals surface area (Å²) in [5.41, 5.74) is 3.15. The van der Waals surface area contributed by atoms with Crippen LogP contribution in [-0.2, 0) is 9.59 Å². The number of methoxy groups -OCH3 is 2. The lowest BCUT2D eigenvalue weighted by Crippen LogP contribution is -2.40. The maximum Gasteiger partial charge on any atom is 0.232 e. The van der Waals surface area contributed by atoms with Gasteiger partial charge in [-0.3, -0.25) is 14.5 Å². The van der Waals surface area contributed by atoms with E-state index in [0.717, 1.165) is 33.4 Å². The van der Waals surface area contributed by atoms with Gasteiger partial charge in [-0.2, -0.15) is 0 Å². The standard InChI is InChI=1S/C23H22BrNO4/c1-28-20-8-3-5-16(23(20)29-2)17-13-21(27)25(15-11-9-14(24)10-12-15)18-6-4-7-19(26)22(17)18/h3,5,8-12,17H,4,6-7,13H2,1-2H3. The van der Waals surface area contributed by atoms with Gasteiger partial charge < -0.3 is 9.47 Å². The van der Waals surface area contributed by atoms with E-state index in [1.807, 2.05) is 42.5 Å². The minimum absolute atomic E-state index is 0.0179. The highest BCUT2D eigenvalue weighted by molar-refractivity contribution is 9.10. The topological polar surface area (TPSA) is 55.8 Å². The number of benzene rings is 2. The summed E-state index contributed by atoms with van der Waals surface area (Å²) in [5.74, 6) is 0.932. The Morgan fingerprint density at radius 2 is 1.76 bits per heavy atom. The third-order valence-electron chi connectivity index (χ3n) is 5.57. The lowest BCUT2D eigenvalue weighted by atomic mass is 9.76. The van der Waals surface area contributed by atoms with Crippen LogP contribution in [0.3, 0.4) is 0 Å². The van der Waals surface area contributed by atoms with E-state index in [4.69, 9.17) is 9.47 Å². The highest BCUT2D eigenvalue weighted by atomic mass is 79.9. The number of hydrogen-bond acceptors (Lipinski definition) is 4. The van der Waals surface area contributed by atoms with E-state index in [0.29, 0.717) is 24.3 Å². The minimum atomic E-state index is -0.331. The number of nitrogens with zero attached hydrogens (tertiary/aromatic N) is 1. The van der Waals surface area contributed by atoms with Crippen molar-refractivity contribution < 1.29 is 19.1 Å². The van der Waals surface area contributed by atoms with Crippen molar-refractivity contribution in [2.75, 3.05) is 19.1 Å². The maximum absolute atomic E-state index is 13.3. The lowest BCUT2D eigenvalue weighted by molar-refractivity contribution is -0.119. The normalized spacial score (nSPS) is 19.3. The zero-order valence-corrected chi connectivity index (χ0v) is 18.0. The van der Waals surface area contributed by atoms with Crippen molar-refractivity contribution in [3.63, 3.8) is 0 Å². The number of ketones is 1. The molecule has 1 atom stereocenters. The fourth-order valence-corrected chi connectivity index (χ4v) is 4.60. The van der Waals surface area contributed by atoms with Gasteiger partial charge in [-0.1, -0.05) is 28.1 Å². The van der Waals surface area contributed by atoms with Gasteiger partial charge in [0, 0.05) is 45.8 Å². The molecular formula is C23H22BrNO4. The summed E-state index contributed by atoms with van der Waals surface area (Å²) in [7, 11) is 3.16. The predicted molar refractivity (Wildman–Crippen MR) is 114 cm³/mol. The van der Waals surface area contributed by atoms with Crippen LogP contribution in [-0.4, -0.2) is 25.9 Å². The molecule has 0 saturated heterocycles. The van der Waals surface area contributed by atoms with Gasteiger partial charge in [-0.15, -0.1) is 0 Å². The average Bonchev–Trinajstić information content (AvgIpc) is 2.73. The van der Waals surface area contributed by atoms with Crippen LogP contribution >= 0.6 is 15.9 Å². The van der Waals surface area contributed by atoms with E-state index >= 15 is 0 Å². The molecule has 1 aliphatic heterocycles. The molecule has 0 radical (unpaired) electrons. The Kier molecular flexibility index (Phi) is 5.46. The summed E-state index contributed by atoms with van der Waals surface area (Å²) in [6.07, 6.45) is 2.17. The molecule has 0 fully saturated rings. The average molecular weight is 456 g/mol. The van der Waals surface area contributed by atoms with Gasteiger partial charge in [-0.25, -0.2) is 0 Å². The van der Waals surface area contributed by atoms with Crippen molar-refractivity contribution in [3.8, 4) is 11.5 Å². The molecule has 0 aromatic heterocycles. The Morgan fingerprint density at radius 3 is 2.45 bits per heavy atom. The molecule has 5 nitrogen and oxygen atoms in total. The Hall–Kier alpha value is -2.60. The summed E-state index contributed by atoms with van der Waals surface area (Å²) >= 11 is 3.44. The second-order valence-electron chi connectivity index (χ2n) is 7.18. The monoisotopic (exact) mass is 455 g/mol. The second-order valence-corrected chi connectivity index (χ2v) is 8.10. The van der Waals surface area contributed by atoms with Gasteiger partial charge >= 0.3 is 0 Å². The first-order valence-electron chi connectivity index (χ1n) is 9.60. The van der Waals surface area contributed by atoms with E-state index in [-0.39, 0.29) is 24.0 Å². The zero-order chi connectivity index (χ0) is 20.5. The predicted octanol–water partition coefficient (Wildman–Crippen LogP) is 4.99. The number of carbonyl (C=O) groups is 2. The quantitative estimate of drug-likeness (QED) is 0.651. The minimum Gasteiger partial charge on any atom is -0.493 e. The Morgan fingerprint density at radius 1 is 1.00 bits per heavy atom. The van der Waals surface area contributed by atoms with Crippen LogP contribution in [0.5, 0.6) is 11.5 Å². The molecule has 2 aromatic carbocycles. The second kappa shape index (κ2) is 8.03. The number of para-hydroxylation sites is 1. The van der Waals surface area contributed by atoms with E-state index in [1.54, 1.807) is 19.1 Å². The number of Topliss-reactive ketones (excluding diaryl/α,β-unsaturated/α-hetero) is 1. The van der Waals surface area contributed by atoms with E-state index in [9.17, 15) is 9.59 Å². The van der Waals surface area contributed by atoms with Gasteiger partial charge in [-0.05, 0) is 43.2 Å². The maximum atomic E-state index is 13.3. The molecule has 4 rings (SSSR count). The van der Waals surface area contributed by atoms with E-state index < -0.39 is 0 Å². The summed E-state index contributed by atoms with van der Waals surface area (Å²) in [4.78, 5) is 28.0. The van der Waals surface area contributed by atoms with E-state index in [2.05, 4.69) is 15.9 Å². The number of anilines is 1. The fourth-order valence-electron chi connectivity index (χ4n) is 4.33. The molecule has 0 N–H and O–H groups in total. The van der Waals surface area contributed by atoms with Crippen LogP contribution in [0, 0.1) is 0 Å². The van der Waals surface area contributed by atoms with Gasteiger partial charge in [0.25, 0.3) is 0 Å². The molecule has 0 bridgehead atoms. The first-order chi connectivity index (χ1) is 14.0. The van der Waals surface area contributed by atoms with Gasteiger partial charge in [0.05, 0.1) is 14.2 Å². The molecular weight excluding hydrogens is 434 g/mol. The van der Waals surface area contributed by atoms with Gasteiger partial charge in [0.1, 0.15) is 0 Å². The molecule has 1 unspecified atom stereocenters. The van der Waals surface area contributed by atoms with Crippen LogP contribution in [0.2, 0.25) is 0 Å². The molecule has 1 heterocycles. The van der Waals surface area contributed by atoms with Crippen molar-refractivity contribution in [1.29, 1.82) is 0 Å². The summed E-state index contributed by atoms with van der Waals surface area (Å²) in [5, 5.41) is 0. The first-order valence-corrected chi connectivity index (χ1v) is 10.4. The molecule has 1 aliphatic carbocycles. The first kappa shape index (κ1) is 19.7. The molecule has 2 aromatic rings. The zero-order valence-electron chi connectivity index (χ0n) is 16.4. The van der Waals surface area contributed by atoms with Crippen LogP contribution in [0.15, 0.2) is 58.2 Å². The van der Waals surface area contributed by atoms with Crippen molar-refractivity contribution in [3.05, 3.63) is 63.8 Å². The molecule has 0 spiro atoms. The van der Waals surface area contributed by atoms with Crippen molar-refractivity contribution in [2.24, 2.45) is 0 Å². The van der Waals surface area contributed by atoms with Crippen LogP contribution in [0.25, 0.3) is 0 Å². The number of carbonyl (C=O) groups excluding carboxylic acids is 2. The molecule has 29 heavy (non-hydrogen) atoms. The summed E-state index contributed by atoms with van der Waals surface area (Å²) in [6.45, 7) is 0. The molecule has 150 valence electrons. The number of hydrogen-bond donors (Lipinski definition) is 0. The SMILES string of the molecule is COc1cccc(C2CC(=O)N(c3ccc(Br)cc3)C3=C2C(=O)CCC3)c1OC. The summed E-state index contributed by atoms with van der Waals surface area (Å²) in [6, 6.07) is 13.2. The Bertz CT molecular complexity index is 996. The van der Waals surface area contributed by atoms with Crippen LogP contribution < -0.4 is 14.4 Å². The number of halogens is 1. The third-order valence-corrected chi connectivity index (χ3v) is 6.10. The van der Waals surface area contributed by atoms with Crippen LogP contribution in [0.4, 0.5) is 5.69 Å². The molecule has 6 heteroatoms. The third kappa shape index (κ3) is 3.46.